The summed E-state index contributed by atoms with van der Waals surface area (Å²) in [5, 5.41) is 0. The molecule has 26 heavy (non-hydrogen) atoms. The molecular weight excluding hydrogens is 332 g/mol. The molecule has 0 radical (unpaired) electrons. The number of piperidine rings is 1. The van der Waals surface area contributed by atoms with Gasteiger partial charge in [-0.25, -0.2) is 4.98 Å². The van der Waals surface area contributed by atoms with E-state index in [4.69, 9.17) is 14.2 Å². The second kappa shape index (κ2) is 7.64. The van der Waals surface area contributed by atoms with E-state index in [1.807, 2.05) is 36.4 Å². The fourth-order valence-corrected chi connectivity index (χ4v) is 3.61. The van der Waals surface area contributed by atoms with E-state index in [-0.39, 0.29) is 5.97 Å². The van der Waals surface area contributed by atoms with Crippen LogP contribution in [0.4, 0.5) is 5.82 Å². The van der Waals surface area contributed by atoms with Crippen molar-refractivity contribution in [2.45, 2.75) is 18.3 Å². The lowest BCUT2D eigenvalue weighted by Crippen LogP contribution is -2.48. The molecular formula is C20H24N2O4. The van der Waals surface area contributed by atoms with Gasteiger partial charge in [0.25, 0.3) is 0 Å². The van der Waals surface area contributed by atoms with Crippen molar-refractivity contribution in [2.75, 3.05) is 39.3 Å². The van der Waals surface area contributed by atoms with Gasteiger partial charge in [-0.1, -0.05) is 12.1 Å². The minimum absolute atomic E-state index is 0.210. The molecule has 0 spiro atoms. The molecule has 6 nitrogen and oxygen atoms in total. The highest BCUT2D eigenvalue weighted by atomic mass is 16.5. The average molecular weight is 356 g/mol. The summed E-state index contributed by atoms with van der Waals surface area (Å²) in [7, 11) is 4.71. The Morgan fingerprint density at radius 1 is 1.08 bits per heavy atom. The van der Waals surface area contributed by atoms with Crippen molar-refractivity contribution in [3.8, 4) is 11.5 Å². The molecule has 1 aromatic carbocycles. The number of aromatic nitrogens is 1. The van der Waals surface area contributed by atoms with Gasteiger partial charge in [-0.2, -0.15) is 0 Å². The maximum absolute atomic E-state index is 12.7. The van der Waals surface area contributed by atoms with Crippen LogP contribution in [0.25, 0.3) is 0 Å². The fraction of sp³-hybridized carbons (Fsp3) is 0.400. The summed E-state index contributed by atoms with van der Waals surface area (Å²) in [6, 6.07) is 11.4. The first-order chi connectivity index (χ1) is 12.6. The Hall–Kier alpha value is -2.76. The largest absolute Gasteiger partial charge is 0.497 e. The third kappa shape index (κ3) is 3.19. The molecule has 0 unspecified atom stereocenters. The molecule has 2 heterocycles. The number of anilines is 1. The first-order valence-corrected chi connectivity index (χ1v) is 8.61. The van der Waals surface area contributed by atoms with Crippen LogP contribution in [-0.2, 0) is 14.9 Å². The molecule has 3 rings (SSSR count). The number of methoxy groups -OCH3 is 3. The fourth-order valence-electron chi connectivity index (χ4n) is 3.61. The van der Waals surface area contributed by atoms with Crippen LogP contribution in [-0.4, -0.2) is 45.4 Å². The number of nitrogens with zero attached hydrogens (tertiary/aromatic N) is 2. The Bertz CT molecular complexity index is 770. The van der Waals surface area contributed by atoms with Crippen LogP contribution < -0.4 is 14.4 Å². The minimum Gasteiger partial charge on any atom is -0.497 e. The van der Waals surface area contributed by atoms with Crippen LogP contribution in [0.5, 0.6) is 11.5 Å². The summed E-state index contributed by atoms with van der Waals surface area (Å²) in [4.78, 5) is 19.3. The van der Waals surface area contributed by atoms with E-state index in [9.17, 15) is 4.79 Å². The van der Waals surface area contributed by atoms with Crippen LogP contribution in [0.3, 0.4) is 0 Å². The maximum atomic E-state index is 12.7. The van der Waals surface area contributed by atoms with E-state index >= 15 is 0 Å². The zero-order chi connectivity index (χ0) is 18.6. The minimum atomic E-state index is -0.679. The molecule has 1 fully saturated rings. The number of carbonyl (C=O) groups excluding carboxylic acids is 1. The third-order valence-electron chi connectivity index (χ3n) is 5.09. The lowest BCUT2D eigenvalue weighted by Gasteiger charge is -2.40. The first kappa shape index (κ1) is 18.0. The summed E-state index contributed by atoms with van der Waals surface area (Å²) in [6.45, 7) is 1.36. The van der Waals surface area contributed by atoms with Crippen molar-refractivity contribution >= 4 is 11.8 Å². The highest BCUT2D eigenvalue weighted by molar-refractivity contribution is 5.84. The lowest BCUT2D eigenvalue weighted by atomic mass is 9.72. The van der Waals surface area contributed by atoms with E-state index in [2.05, 4.69) is 9.88 Å². The van der Waals surface area contributed by atoms with Gasteiger partial charge in [0.15, 0.2) is 11.6 Å². The van der Waals surface area contributed by atoms with E-state index in [1.54, 1.807) is 20.4 Å². The molecule has 0 saturated carbocycles. The van der Waals surface area contributed by atoms with Crippen molar-refractivity contribution in [1.82, 2.24) is 4.98 Å². The predicted molar refractivity (Wildman–Crippen MR) is 98.9 cm³/mol. The van der Waals surface area contributed by atoms with Crippen molar-refractivity contribution < 1.29 is 19.0 Å². The summed E-state index contributed by atoms with van der Waals surface area (Å²) in [6.07, 6.45) is 3.02. The normalized spacial score (nSPS) is 16.0. The zero-order valence-corrected chi connectivity index (χ0v) is 15.4. The number of carbonyl (C=O) groups is 1. The number of pyridine rings is 1. The number of rotatable bonds is 5. The summed E-state index contributed by atoms with van der Waals surface area (Å²) >= 11 is 0. The van der Waals surface area contributed by atoms with Crippen molar-refractivity contribution in [3.63, 3.8) is 0 Å². The van der Waals surface area contributed by atoms with Crippen LogP contribution in [0, 0.1) is 0 Å². The Labute approximate surface area is 153 Å². The molecule has 1 aromatic heterocycles. The summed E-state index contributed by atoms with van der Waals surface area (Å²) in [5.41, 5.74) is 0.248. The van der Waals surface area contributed by atoms with Crippen molar-refractivity contribution in [2.24, 2.45) is 0 Å². The molecule has 6 heteroatoms. The zero-order valence-electron chi connectivity index (χ0n) is 15.4. The van der Waals surface area contributed by atoms with Gasteiger partial charge < -0.3 is 19.1 Å². The van der Waals surface area contributed by atoms with Gasteiger partial charge in [0.05, 0.1) is 26.7 Å². The summed E-state index contributed by atoms with van der Waals surface area (Å²) < 4.78 is 15.9. The second-order valence-corrected chi connectivity index (χ2v) is 6.32. The number of hydrogen-bond acceptors (Lipinski definition) is 6. The van der Waals surface area contributed by atoms with E-state index < -0.39 is 5.41 Å². The van der Waals surface area contributed by atoms with Crippen LogP contribution in [0.1, 0.15) is 18.4 Å². The molecule has 1 aliphatic rings. The van der Waals surface area contributed by atoms with Crippen LogP contribution >= 0.6 is 0 Å². The molecule has 2 aromatic rings. The van der Waals surface area contributed by atoms with Gasteiger partial charge in [0, 0.05) is 19.3 Å². The molecule has 0 amide bonds. The Morgan fingerprint density at radius 3 is 2.50 bits per heavy atom. The average Bonchev–Trinajstić information content (AvgIpc) is 2.73. The van der Waals surface area contributed by atoms with E-state index in [0.29, 0.717) is 25.9 Å². The van der Waals surface area contributed by atoms with Gasteiger partial charge in [-0.05, 0) is 42.7 Å². The van der Waals surface area contributed by atoms with Gasteiger partial charge >= 0.3 is 5.97 Å². The predicted octanol–water partition coefficient (Wildman–Crippen LogP) is 2.81. The lowest BCUT2D eigenvalue weighted by molar-refractivity contribution is -0.148. The second-order valence-electron chi connectivity index (χ2n) is 6.32. The van der Waals surface area contributed by atoms with E-state index in [0.717, 1.165) is 22.9 Å². The highest BCUT2D eigenvalue weighted by Gasteiger charge is 2.44. The number of esters is 1. The quantitative estimate of drug-likeness (QED) is 0.768. The van der Waals surface area contributed by atoms with Crippen molar-refractivity contribution in [3.05, 3.63) is 48.2 Å². The van der Waals surface area contributed by atoms with E-state index in [1.165, 1.54) is 7.11 Å². The topological polar surface area (TPSA) is 60.9 Å². The maximum Gasteiger partial charge on any atom is 0.316 e. The van der Waals surface area contributed by atoms with Gasteiger partial charge in [0.1, 0.15) is 5.75 Å². The van der Waals surface area contributed by atoms with Crippen LogP contribution in [0.2, 0.25) is 0 Å². The number of benzene rings is 1. The molecule has 1 aliphatic heterocycles. The molecule has 1 saturated heterocycles. The Morgan fingerprint density at radius 2 is 1.85 bits per heavy atom. The number of hydrogen-bond donors (Lipinski definition) is 0. The molecule has 0 N–H and O–H groups in total. The highest BCUT2D eigenvalue weighted by Crippen LogP contribution is 2.40. The molecule has 0 atom stereocenters. The smallest absolute Gasteiger partial charge is 0.316 e. The molecule has 138 valence electrons. The van der Waals surface area contributed by atoms with Gasteiger partial charge in [-0.3, -0.25) is 4.79 Å². The Kier molecular flexibility index (Phi) is 5.30. The van der Waals surface area contributed by atoms with Crippen molar-refractivity contribution in [1.29, 1.82) is 0 Å². The van der Waals surface area contributed by atoms with Gasteiger partial charge in [-0.15, -0.1) is 0 Å². The molecule has 0 bridgehead atoms. The number of ether oxygens (including phenoxy) is 3. The van der Waals surface area contributed by atoms with Gasteiger partial charge in [0.2, 0.25) is 0 Å². The monoisotopic (exact) mass is 356 g/mol. The summed E-state index contributed by atoms with van der Waals surface area (Å²) in [5.74, 6) is 2.07. The third-order valence-corrected chi connectivity index (χ3v) is 5.09. The van der Waals surface area contributed by atoms with Crippen LogP contribution in [0.15, 0.2) is 42.6 Å². The standard InChI is InChI=1S/C20H24N2O4/c1-24-16-7-4-6-15(14-16)20(19(23)26-3)9-12-22(13-10-20)18-17(25-2)8-5-11-21-18/h4-8,11,14H,9-10,12-13H2,1-3H3. The first-order valence-electron chi connectivity index (χ1n) is 8.61. The Balaban J connectivity index is 1.89. The SMILES string of the molecule is COC(=O)C1(c2cccc(OC)c2)CCN(c2ncccc2OC)CC1. The molecule has 0 aliphatic carbocycles.